The second-order valence-electron chi connectivity index (χ2n) is 22.2. The van der Waals surface area contributed by atoms with Crippen LogP contribution < -0.4 is 21.1 Å². The molecule has 0 saturated carbocycles. The van der Waals surface area contributed by atoms with E-state index in [2.05, 4.69) is 20.6 Å². The highest BCUT2D eigenvalue weighted by atomic mass is 32.1. The van der Waals surface area contributed by atoms with Crippen molar-refractivity contribution in [1.82, 2.24) is 30.4 Å². The molecule has 5 aromatic rings. The lowest BCUT2D eigenvalue weighted by Crippen LogP contribution is -2.58. The SMILES string of the molecule is CCC(C)C(N)C(=O)O[C@@H]1C[C@@H](C(=O)NCc2ccc(-c3scnc3C)cc2)N(C(=O)C(NC(=O)COCCOCCOCCOc2cc(F)c([C@@H]3c4[nH]c5ccccc5c4C[C@@H](C)N3CC(C)(C)F)c(F)c2)C(C)(C)C)C1.O=CO. The molecule has 7 atom stereocenters. The number of aryl methyl sites for hydroxylation is 1. The van der Waals surface area contributed by atoms with Gasteiger partial charge in [-0.2, -0.15) is 0 Å². The average Bonchev–Trinajstić information content (AvgIpc) is 4.21. The molecule has 22 heteroatoms. The molecule has 3 unspecified atom stereocenters. The lowest BCUT2D eigenvalue weighted by atomic mass is 9.85. The van der Waals surface area contributed by atoms with Gasteiger partial charge in [0.05, 0.1) is 61.7 Å². The first kappa shape index (κ1) is 63.7. The normalized spacial score (nSPS) is 18.5. The number of thiazole rings is 1. The number of aromatic nitrogens is 2. The molecule has 1 fully saturated rings. The van der Waals surface area contributed by atoms with Gasteiger partial charge in [0.1, 0.15) is 60.5 Å². The molecule has 3 aromatic carbocycles. The van der Waals surface area contributed by atoms with Crippen molar-refractivity contribution in [3.63, 3.8) is 0 Å². The van der Waals surface area contributed by atoms with E-state index in [0.29, 0.717) is 18.5 Å². The smallest absolute Gasteiger partial charge is 0.323 e. The number of hydrogen-bond acceptors (Lipinski definition) is 14. The topological polar surface area (TPSA) is 237 Å². The van der Waals surface area contributed by atoms with E-state index in [4.69, 9.17) is 39.3 Å². The Labute approximate surface area is 475 Å². The number of nitrogens with two attached hydrogens (primary N) is 1. The van der Waals surface area contributed by atoms with Crippen LogP contribution in [0, 0.1) is 29.9 Å². The molecule has 18 nitrogen and oxygen atoms in total. The summed E-state index contributed by atoms with van der Waals surface area (Å²) in [5, 5.41) is 13.6. The van der Waals surface area contributed by atoms with Crippen LogP contribution in [0.3, 0.4) is 0 Å². The highest BCUT2D eigenvalue weighted by Gasteiger charge is 2.47. The Balaban J connectivity index is 0.00000344. The first-order valence-electron chi connectivity index (χ1n) is 27.3. The largest absolute Gasteiger partial charge is 0.491 e. The molecular formula is C59H78F3N7O11S. The molecule has 2 aromatic heterocycles. The number of aromatic amines is 1. The number of fused-ring (bicyclic) bond motifs is 3. The highest BCUT2D eigenvalue weighted by Crippen LogP contribution is 2.44. The van der Waals surface area contributed by atoms with Gasteiger partial charge in [-0.1, -0.05) is 83.5 Å². The van der Waals surface area contributed by atoms with Crippen molar-refractivity contribution in [2.75, 3.05) is 59.3 Å². The van der Waals surface area contributed by atoms with Gasteiger partial charge in [0.15, 0.2) is 0 Å². The van der Waals surface area contributed by atoms with Crippen LogP contribution in [-0.2, 0) is 55.9 Å². The summed E-state index contributed by atoms with van der Waals surface area (Å²) in [6.45, 7) is 16.1. The molecule has 0 radical (unpaired) electrons. The Morgan fingerprint density at radius 2 is 1.59 bits per heavy atom. The van der Waals surface area contributed by atoms with Crippen LogP contribution >= 0.6 is 11.3 Å². The summed E-state index contributed by atoms with van der Waals surface area (Å²) in [7, 11) is 0. The lowest BCUT2D eigenvalue weighted by Gasteiger charge is -2.43. The van der Waals surface area contributed by atoms with Gasteiger partial charge < -0.3 is 55.0 Å². The number of esters is 1. The van der Waals surface area contributed by atoms with E-state index in [-0.39, 0.29) is 102 Å². The zero-order valence-electron chi connectivity index (χ0n) is 47.7. The molecular weight excluding hydrogens is 1070 g/mol. The van der Waals surface area contributed by atoms with Crippen molar-refractivity contribution in [2.24, 2.45) is 17.1 Å². The minimum absolute atomic E-state index is 0.000113. The van der Waals surface area contributed by atoms with Crippen molar-refractivity contribution in [3.8, 4) is 16.2 Å². The van der Waals surface area contributed by atoms with Crippen LogP contribution in [0.25, 0.3) is 21.3 Å². The predicted molar refractivity (Wildman–Crippen MR) is 301 cm³/mol. The van der Waals surface area contributed by atoms with Gasteiger partial charge in [-0.15, -0.1) is 11.3 Å². The number of carbonyl (C=O) groups is 5. The zero-order valence-corrected chi connectivity index (χ0v) is 48.5. The molecule has 2 aliphatic heterocycles. The molecule has 2 aliphatic rings. The predicted octanol–water partition coefficient (Wildman–Crippen LogP) is 7.82. The van der Waals surface area contributed by atoms with E-state index in [1.165, 1.54) is 18.7 Å². The fourth-order valence-electron chi connectivity index (χ4n) is 10.0. The number of H-pyrrole nitrogens is 1. The fourth-order valence-corrected chi connectivity index (χ4v) is 10.8. The van der Waals surface area contributed by atoms with Crippen LogP contribution in [0.4, 0.5) is 13.2 Å². The number of amides is 3. The number of carboxylic acid groups (broad SMARTS) is 1. The number of alkyl halides is 1. The summed E-state index contributed by atoms with van der Waals surface area (Å²) < 4.78 is 75.6. The number of ether oxygens (including phenoxy) is 5. The fraction of sp³-hybridized carbons (Fsp3) is 0.525. The molecule has 442 valence electrons. The molecule has 0 spiro atoms. The number of nitrogens with one attached hydrogen (secondary N) is 3. The maximum atomic E-state index is 16.1. The average molecular weight is 1150 g/mol. The number of halogens is 3. The number of nitrogens with zero attached hydrogens (tertiary/aromatic N) is 3. The van der Waals surface area contributed by atoms with Gasteiger partial charge >= 0.3 is 5.97 Å². The van der Waals surface area contributed by atoms with Crippen LogP contribution in [0.2, 0.25) is 0 Å². The van der Waals surface area contributed by atoms with E-state index in [9.17, 15) is 19.2 Å². The summed E-state index contributed by atoms with van der Waals surface area (Å²) in [5.41, 5.74) is 10.6. The van der Waals surface area contributed by atoms with Gasteiger partial charge in [0.2, 0.25) is 17.7 Å². The number of benzene rings is 3. The molecule has 1 saturated heterocycles. The highest BCUT2D eigenvalue weighted by molar-refractivity contribution is 7.13. The van der Waals surface area contributed by atoms with Crippen LogP contribution in [0.5, 0.6) is 5.75 Å². The van der Waals surface area contributed by atoms with Gasteiger partial charge in [-0.3, -0.25) is 28.9 Å². The van der Waals surface area contributed by atoms with Gasteiger partial charge in [0, 0.05) is 59.8 Å². The molecule has 4 heterocycles. The summed E-state index contributed by atoms with van der Waals surface area (Å²) in [4.78, 5) is 75.1. The quantitative estimate of drug-likeness (QED) is 0.0213. The van der Waals surface area contributed by atoms with E-state index < -0.39 is 76.7 Å². The molecule has 7 rings (SSSR count). The Hall–Kier alpha value is -6.43. The van der Waals surface area contributed by atoms with Gasteiger partial charge in [0.25, 0.3) is 6.47 Å². The van der Waals surface area contributed by atoms with Crippen molar-refractivity contribution in [3.05, 3.63) is 106 Å². The van der Waals surface area contributed by atoms with E-state index in [0.717, 1.165) is 50.3 Å². The van der Waals surface area contributed by atoms with E-state index >= 15 is 13.2 Å². The Kier molecular flexibility index (Phi) is 22.8. The second kappa shape index (κ2) is 29.0. The number of para-hydroxylation sites is 1. The van der Waals surface area contributed by atoms with Crippen LogP contribution in [0.15, 0.2) is 66.2 Å². The van der Waals surface area contributed by atoms with E-state index in [1.807, 2.05) is 81.1 Å². The van der Waals surface area contributed by atoms with Gasteiger partial charge in [-0.25, -0.2) is 18.2 Å². The van der Waals surface area contributed by atoms with E-state index in [1.54, 1.807) is 37.6 Å². The number of likely N-dealkylation sites (tertiary alicyclic amines) is 1. The molecule has 0 aliphatic carbocycles. The molecule has 3 amide bonds. The first-order valence-corrected chi connectivity index (χ1v) is 28.1. The summed E-state index contributed by atoms with van der Waals surface area (Å²) in [5.74, 6) is -3.89. The first-order chi connectivity index (χ1) is 38.5. The maximum Gasteiger partial charge on any atom is 0.323 e. The minimum Gasteiger partial charge on any atom is -0.491 e. The third-order valence-corrected chi connectivity index (χ3v) is 15.4. The lowest BCUT2D eigenvalue weighted by molar-refractivity contribution is -0.152. The minimum atomic E-state index is -1.62. The van der Waals surface area contributed by atoms with Gasteiger partial charge in [-0.05, 0) is 68.2 Å². The molecule has 0 bridgehead atoms. The maximum absolute atomic E-state index is 16.1. The van der Waals surface area contributed by atoms with Crippen LogP contribution in [-0.4, -0.2) is 150 Å². The summed E-state index contributed by atoms with van der Waals surface area (Å²) in [6, 6.07) is 13.7. The number of rotatable bonds is 25. The third-order valence-electron chi connectivity index (χ3n) is 14.4. The zero-order chi connectivity index (χ0) is 59.2. The monoisotopic (exact) mass is 1150 g/mol. The third kappa shape index (κ3) is 17.1. The van der Waals surface area contributed by atoms with Crippen molar-refractivity contribution < 1.29 is 65.9 Å². The molecule has 81 heavy (non-hydrogen) atoms. The van der Waals surface area contributed by atoms with Crippen molar-refractivity contribution >= 4 is 52.4 Å². The Morgan fingerprint density at radius 1 is 0.963 bits per heavy atom. The number of carbonyl (C=O) groups excluding carboxylic acids is 4. The molecule has 6 N–H and O–H groups in total. The van der Waals surface area contributed by atoms with Crippen molar-refractivity contribution in [2.45, 2.75) is 130 Å². The Morgan fingerprint density at radius 3 is 2.20 bits per heavy atom. The summed E-state index contributed by atoms with van der Waals surface area (Å²) >= 11 is 1.55. The second-order valence-corrected chi connectivity index (χ2v) is 23.1. The number of hydrogen-bond donors (Lipinski definition) is 5. The van der Waals surface area contributed by atoms with Crippen LogP contribution in [0.1, 0.15) is 102 Å². The van der Waals surface area contributed by atoms with Crippen molar-refractivity contribution in [1.29, 1.82) is 0 Å². The Bertz CT molecular complexity index is 2890. The standard InChI is InChI=1S/C58H76F3N7O9S.CH2O2/c1-10-34(2)49(62)56(72)77-40-28-46(54(70)63-29-37-15-17-38(18-16-37)52-36(4)64-33-78-52)67(30-40)55(71)53(57(5,6)7)66-47(69)31-75-22-21-73-19-20-74-23-24-76-39-26-43(59)48(44(60)27-39)51-50-42(41-13-11-12-14-45(41)65-50)25-35(3)68(51)32-58(8,9)61;2-1-3/h11-18,26-27,33-35,40,46,49,51,53,65H,10,19-25,28-32,62H2,1-9H3,(H,63,70)(H,66,69);1H,(H,2,3)/t34?,35-,40-,46+,49?,51-,53?;/m1./s1. The summed E-state index contributed by atoms with van der Waals surface area (Å²) in [6.07, 6.45) is 0.487.